The van der Waals surface area contributed by atoms with Crippen molar-refractivity contribution in [2.45, 2.75) is 53.4 Å². The molecule has 1 aromatic rings. The van der Waals surface area contributed by atoms with Crippen molar-refractivity contribution in [2.75, 3.05) is 29.9 Å². The van der Waals surface area contributed by atoms with Gasteiger partial charge in [-0.1, -0.05) is 27.7 Å². The summed E-state index contributed by atoms with van der Waals surface area (Å²) < 4.78 is 0. The third kappa shape index (κ3) is 3.84. The van der Waals surface area contributed by atoms with Gasteiger partial charge in [0.1, 0.15) is 17.5 Å². The molecule has 1 aliphatic heterocycles. The van der Waals surface area contributed by atoms with E-state index in [-0.39, 0.29) is 0 Å². The van der Waals surface area contributed by atoms with Crippen molar-refractivity contribution in [2.24, 2.45) is 5.41 Å². The van der Waals surface area contributed by atoms with E-state index in [4.69, 9.17) is 4.98 Å². The monoisotopic (exact) mass is 276 g/mol. The molecule has 0 bridgehead atoms. The molecular weight excluding hydrogens is 248 g/mol. The molecule has 4 heteroatoms. The van der Waals surface area contributed by atoms with Crippen molar-refractivity contribution in [1.82, 2.24) is 9.97 Å². The summed E-state index contributed by atoms with van der Waals surface area (Å²) in [6.07, 6.45) is 4.54. The SMILES string of the molecule is CCCNc1cc(N2CCCC(C)(C)C2)nc(CC)n1. The van der Waals surface area contributed by atoms with Crippen LogP contribution in [0.1, 0.15) is 52.8 Å². The molecule has 2 heterocycles. The molecule has 4 nitrogen and oxygen atoms in total. The Balaban J connectivity index is 2.21. The third-order valence-electron chi connectivity index (χ3n) is 3.86. The number of hydrogen-bond donors (Lipinski definition) is 1. The summed E-state index contributed by atoms with van der Waals surface area (Å²) in [6, 6.07) is 2.11. The average molecular weight is 276 g/mol. The van der Waals surface area contributed by atoms with Crippen LogP contribution in [0.25, 0.3) is 0 Å². The number of hydrogen-bond acceptors (Lipinski definition) is 4. The molecule has 0 aromatic carbocycles. The Morgan fingerprint density at radius 2 is 2.10 bits per heavy atom. The Kier molecular flexibility index (Phi) is 4.84. The lowest BCUT2D eigenvalue weighted by atomic mass is 9.84. The molecule has 1 N–H and O–H groups in total. The Hall–Kier alpha value is -1.32. The van der Waals surface area contributed by atoms with Crippen LogP contribution in [0.5, 0.6) is 0 Å². The fourth-order valence-corrected chi connectivity index (χ4v) is 2.77. The molecule has 1 fully saturated rings. The highest BCUT2D eigenvalue weighted by Crippen LogP contribution is 2.31. The number of nitrogens with zero attached hydrogens (tertiary/aromatic N) is 3. The van der Waals surface area contributed by atoms with E-state index in [1.165, 1.54) is 12.8 Å². The highest BCUT2D eigenvalue weighted by atomic mass is 15.2. The number of rotatable bonds is 5. The van der Waals surface area contributed by atoms with Gasteiger partial charge in [0.05, 0.1) is 0 Å². The van der Waals surface area contributed by atoms with E-state index in [0.717, 1.165) is 49.9 Å². The van der Waals surface area contributed by atoms with E-state index in [2.05, 4.69) is 49.0 Å². The number of anilines is 2. The summed E-state index contributed by atoms with van der Waals surface area (Å²) in [5.74, 6) is 2.99. The van der Waals surface area contributed by atoms with Crippen LogP contribution in [0.2, 0.25) is 0 Å². The minimum atomic E-state index is 0.382. The predicted octanol–water partition coefficient (Wildman–Crippen LogP) is 3.49. The lowest BCUT2D eigenvalue weighted by molar-refractivity contribution is 0.292. The molecule has 1 aliphatic rings. The van der Waals surface area contributed by atoms with Crippen molar-refractivity contribution in [3.05, 3.63) is 11.9 Å². The molecule has 0 radical (unpaired) electrons. The standard InChI is InChI=1S/C16H28N4/c1-5-9-17-14-11-15(19-13(6-2)18-14)20-10-7-8-16(3,4)12-20/h11H,5-10,12H2,1-4H3,(H,17,18,19). The van der Waals surface area contributed by atoms with E-state index < -0.39 is 0 Å². The molecule has 1 aromatic heterocycles. The average Bonchev–Trinajstić information content (AvgIpc) is 2.43. The van der Waals surface area contributed by atoms with Gasteiger partial charge in [0.25, 0.3) is 0 Å². The molecule has 0 saturated carbocycles. The molecule has 0 spiro atoms. The van der Waals surface area contributed by atoms with Crippen LogP contribution < -0.4 is 10.2 Å². The van der Waals surface area contributed by atoms with E-state index >= 15 is 0 Å². The Morgan fingerprint density at radius 1 is 1.30 bits per heavy atom. The van der Waals surface area contributed by atoms with E-state index in [0.29, 0.717) is 5.41 Å². The van der Waals surface area contributed by atoms with Gasteiger partial charge >= 0.3 is 0 Å². The van der Waals surface area contributed by atoms with Crippen molar-refractivity contribution in [3.63, 3.8) is 0 Å². The molecule has 112 valence electrons. The summed E-state index contributed by atoms with van der Waals surface area (Å²) in [7, 11) is 0. The van der Waals surface area contributed by atoms with Crippen LogP contribution in [-0.4, -0.2) is 29.6 Å². The van der Waals surface area contributed by atoms with Crippen molar-refractivity contribution in [1.29, 1.82) is 0 Å². The van der Waals surface area contributed by atoms with Crippen molar-refractivity contribution >= 4 is 11.6 Å². The molecular formula is C16H28N4. The highest BCUT2D eigenvalue weighted by molar-refractivity contribution is 5.50. The lowest BCUT2D eigenvalue weighted by Crippen LogP contribution is -2.40. The fourth-order valence-electron chi connectivity index (χ4n) is 2.77. The van der Waals surface area contributed by atoms with Gasteiger partial charge < -0.3 is 10.2 Å². The van der Waals surface area contributed by atoms with Crippen molar-refractivity contribution in [3.8, 4) is 0 Å². The number of aromatic nitrogens is 2. The fraction of sp³-hybridized carbons (Fsp3) is 0.750. The quantitative estimate of drug-likeness (QED) is 0.894. The van der Waals surface area contributed by atoms with Crippen LogP contribution in [0.3, 0.4) is 0 Å². The molecule has 0 unspecified atom stereocenters. The first-order valence-electron chi connectivity index (χ1n) is 7.91. The topological polar surface area (TPSA) is 41.0 Å². The zero-order valence-corrected chi connectivity index (χ0v) is 13.4. The maximum absolute atomic E-state index is 4.72. The van der Waals surface area contributed by atoms with Gasteiger partial charge in [-0.3, -0.25) is 0 Å². The minimum Gasteiger partial charge on any atom is -0.370 e. The lowest BCUT2D eigenvalue weighted by Gasteiger charge is -2.38. The largest absolute Gasteiger partial charge is 0.370 e. The zero-order valence-electron chi connectivity index (χ0n) is 13.4. The van der Waals surface area contributed by atoms with Gasteiger partial charge in [0, 0.05) is 32.1 Å². The zero-order chi connectivity index (χ0) is 14.6. The molecule has 0 amide bonds. The number of aryl methyl sites for hydroxylation is 1. The Bertz CT molecular complexity index is 442. The van der Waals surface area contributed by atoms with Crippen LogP contribution in [0.4, 0.5) is 11.6 Å². The van der Waals surface area contributed by atoms with E-state index in [1.807, 2.05) is 0 Å². The van der Waals surface area contributed by atoms with E-state index in [1.54, 1.807) is 0 Å². The van der Waals surface area contributed by atoms with Crippen LogP contribution in [0, 0.1) is 5.41 Å². The summed E-state index contributed by atoms with van der Waals surface area (Å²) in [4.78, 5) is 11.7. The first-order chi connectivity index (χ1) is 9.54. The first kappa shape index (κ1) is 15.1. The molecule has 1 saturated heterocycles. The normalized spacial score (nSPS) is 18.1. The summed E-state index contributed by atoms with van der Waals surface area (Å²) >= 11 is 0. The van der Waals surface area contributed by atoms with Gasteiger partial charge in [-0.05, 0) is 24.7 Å². The van der Waals surface area contributed by atoms with Gasteiger partial charge in [-0.2, -0.15) is 0 Å². The smallest absolute Gasteiger partial charge is 0.134 e. The molecule has 0 atom stereocenters. The second kappa shape index (κ2) is 6.42. The summed E-state index contributed by atoms with van der Waals surface area (Å²) in [6.45, 7) is 12.1. The minimum absolute atomic E-state index is 0.382. The maximum Gasteiger partial charge on any atom is 0.134 e. The highest BCUT2D eigenvalue weighted by Gasteiger charge is 2.27. The first-order valence-corrected chi connectivity index (χ1v) is 7.91. The van der Waals surface area contributed by atoms with Crippen LogP contribution in [-0.2, 0) is 6.42 Å². The van der Waals surface area contributed by atoms with Crippen molar-refractivity contribution < 1.29 is 0 Å². The second-order valence-electron chi connectivity index (χ2n) is 6.50. The summed E-state index contributed by atoms with van der Waals surface area (Å²) in [5, 5.41) is 3.39. The number of nitrogens with one attached hydrogen (secondary N) is 1. The Morgan fingerprint density at radius 3 is 2.75 bits per heavy atom. The van der Waals surface area contributed by atoms with Gasteiger partial charge in [-0.15, -0.1) is 0 Å². The summed E-state index contributed by atoms with van der Waals surface area (Å²) in [5.41, 5.74) is 0.382. The Labute approximate surface area is 123 Å². The van der Waals surface area contributed by atoms with Crippen LogP contribution in [0.15, 0.2) is 6.07 Å². The molecule has 0 aliphatic carbocycles. The third-order valence-corrected chi connectivity index (χ3v) is 3.86. The molecule has 2 rings (SSSR count). The number of piperidine rings is 1. The van der Waals surface area contributed by atoms with Gasteiger partial charge in [0.15, 0.2) is 0 Å². The second-order valence-corrected chi connectivity index (χ2v) is 6.50. The van der Waals surface area contributed by atoms with E-state index in [9.17, 15) is 0 Å². The maximum atomic E-state index is 4.72. The van der Waals surface area contributed by atoms with Crippen LogP contribution >= 0.6 is 0 Å². The van der Waals surface area contributed by atoms with Gasteiger partial charge in [0.2, 0.25) is 0 Å². The van der Waals surface area contributed by atoms with Gasteiger partial charge in [-0.25, -0.2) is 9.97 Å². The predicted molar refractivity (Wildman–Crippen MR) is 85.4 cm³/mol. The molecule has 20 heavy (non-hydrogen) atoms.